The molecule has 20 heavy (non-hydrogen) atoms. The number of carbonyl (C=O) groups is 1. The lowest BCUT2D eigenvalue weighted by Crippen LogP contribution is -2.59. The number of hydrogen-bond donors (Lipinski definition) is 1. The Balaban J connectivity index is 1.63. The first-order chi connectivity index (χ1) is 9.66. The minimum absolute atomic E-state index is 0.0811. The van der Waals surface area contributed by atoms with Crippen molar-refractivity contribution in [1.29, 1.82) is 0 Å². The number of nitrogens with zero attached hydrogens (tertiary/aromatic N) is 1. The Kier molecular flexibility index (Phi) is 5.74. The fourth-order valence-electron chi connectivity index (χ4n) is 2.87. The summed E-state index contributed by atoms with van der Waals surface area (Å²) in [7, 11) is 0. The van der Waals surface area contributed by atoms with Crippen molar-refractivity contribution in [2.75, 3.05) is 13.1 Å². The van der Waals surface area contributed by atoms with E-state index < -0.39 is 0 Å². The van der Waals surface area contributed by atoms with Gasteiger partial charge in [-0.25, -0.2) is 4.79 Å². The van der Waals surface area contributed by atoms with Gasteiger partial charge >= 0.3 is 5.91 Å². The first-order valence-corrected chi connectivity index (χ1v) is 7.82. The molecule has 2 rings (SSSR count). The van der Waals surface area contributed by atoms with Crippen LogP contribution in [0.4, 0.5) is 0 Å². The molecule has 0 spiro atoms. The molecule has 0 saturated heterocycles. The van der Waals surface area contributed by atoms with Crippen LogP contribution < -0.4 is 5.73 Å². The molecule has 1 aromatic carbocycles. The van der Waals surface area contributed by atoms with E-state index in [4.69, 9.17) is 0 Å². The zero-order valence-corrected chi connectivity index (χ0v) is 12.6. The summed E-state index contributed by atoms with van der Waals surface area (Å²) in [5, 5.41) is 0. The second-order valence-corrected chi connectivity index (χ2v) is 6.01. The highest BCUT2D eigenvalue weighted by atomic mass is 16.1. The molecule has 0 bridgehead atoms. The maximum Gasteiger partial charge on any atom is 0.311 e. The molecule has 1 aliphatic rings. The van der Waals surface area contributed by atoms with Crippen molar-refractivity contribution in [2.24, 2.45) is 5.92 Å². The van der Waals surface area contributed by atoms with Gasteiger partial charge in [-0.2, -0.15) is 0 Å². The number of quaternary nitrogens is 1. The summed E-state index contributed by atoms with van der Waals surface area (Å²) < 4.78 is 0. The van der Waals surface area contributed by atoms with Gasteiger partial charge in [-0.05, 0) is 43.9 Å². The topological polar surface area (TPSA) is 48.0 Å². The summed E-state index contributed by atoms with van der Waals surface area (Å²) in [5.41, 5.74) is 6.50. The van der Waals surface area contributed by atoms with E-state index in [2.05, 4.69) is 34.9 Å². The van der Waals surface area contributed by atoms with E-state index in [0.29, 0.717) is 0 Å². The molecule has 0 aliphatic carbocycles. The van der Waals surface area contributed by atoms with E-state index >= 15 is 0 Å². The summed E-state index contributed by atoms with van der Waals surface area (Å²) in [6, 6.07) is 8.78. The van der Waals surface area contributed by atoms with E-state index in [1.807, 2.05) is 6.92 Å². The van der Waals surface area contributed by atoms with Crippen LogP contribution in [0.1, 0.15) is 43.7 Å². The maximum absolute atomic E-state index is 11.1. The largest absolute Gasteiger partial charge is 0.311 e. The van der Waals surface area contributed by atoms with E-state index in [0.717, 1.165) is 19.4 Å². The zero-order chi connectivity index (χ0) is 14.4. The molecule has 1 aromatic rings. The van der Waals surface area contributed by atoms with Crippen LogP contribution in [-0.2, 0) is 17.8 Å². The van der Waals surface area contributed by atoms with Crippen molar-refractivity contribution in [3.63, 3.8) is 0 Å². The fraction of sp³-hybridized carbons (Fsp3) is 0.588. The smallest absolute Gasteiger partial charge is 0.299 e. The molecule has 0 saturated carbocycles. The molecule has 0 radical (unpaired) electrons. The second-order valence-electron chi connectivity index (χ2n) is 6.01. The average Bonchev–Trinajstić information content (AvgIpc) is 2.46. The van der Waals surface area contributed by atoms with Gasteiger partial charge in [0.25, 0.3) is 0 Å². The molecule has 3 heteroatoms. The monoisotopic (exact) mass is 275 g/mol. The number of benzene rings is 1. The summed E-state index contributed by atoms with van der Waals surface area (Å²) in [5.74, 6) is 0.217. The number of carbonyl (C=O) groups excluding carboxylic acids is 1. The predicted molar refractivity (Wildman–Crippen MR) is 81.0 cm³/mol. The molecule has 1 aliphatic heterocycles. The molecular formula is C17H27N2O+. The van der Waals surface area contributed by atoms with Gasteiger partial charge in [0.15, 0.2) is 0 Å². The standard InChI is InChI=1S/C17H26N2O/c1-14(17(18)20)7-3-2-6-11-19-12-10-15-8-4-5-9-16(15)13-19/h4-5,8-9,14H,2-3,6-7,10-13H2,1H3,(H2,18,20)/p+1. The molecule has 1 heterocycles. The fourth-order valence-corrected chi connectivity index (χ4v) is 2.87. The SMILES string of the molecule is CC(CCCCCN1CCc2ccccc2C1)C([NH3+])=O. The van der Waals surface area contributed by atoms with Gasteiger partial charge in [-0.15, -0.1) is 0 Å². The van der Waals surface area contributed by atoms with Crippen LogP contribution in [0.5, 0.6) is 0 Å². The molecule has 0 aromatic heterocycles. The number of fused-ring (bicyclic) bond motifs is 1. The lowest BCUT2D eigenvalue weighted by Gasteiger charge is -2.28. The molecule has 3 nitrogen and oxygen atoms in total. The highest BCUT2D eigenvalue weighted by Crippen LogP contribution is 2.19. The Morgan fingerprint density at radius 3 is 2.75 bits per heavy atom. The first kappa shape index (κ1) is 15.2. The molecule has 110 valence electrons. The number of amides is 1. The van der Waals surface area contributed by atoms with Crippen molar-refractivity contribution >= 4 is 5.91 Å². The van der Waals surface area contributed by atoms with Crippen LogP contribution in [0.25, 0.3) is 0 Å². The first-order valence-electron chi connectivity index (χ1n) is 7.82. The Labute approximate surface area is 122 Å². The van der Waals surface area contributed by atoms with E-state index in [1.54, 1.807) is 0 Å². The molecule has 3 N–H and O–H groups in total. The third kappa shape index (κ3) is 4.43. The predicted octanol–water partition coefficient (Wildman–Crippen LogP) is 2.01. The van der Waals surface area contributed by atoms with Gasteiger partial charge < -0.3 is 0 Å². The van der Waals surface area contributed by atoms with Crippen molar-refractivity contribution < 1.29 is 10.5 Å². The van der Waals surface area contributed by atoms with Gasteiger partial charge in [0.2, 0.25) is 0 Å². The van der Waals surface area contributed by atoms with Gasteiger partial charge in [-0.1, -0.05) is 37.1 Å². The van der Waals surface area contributed by atoms with Crippen LogP contribution >= 0.6 is 0 Å². The number of rotatable bonds is 7. The summed E-state index contributed by atoms with van der Waals surface area (Å²) in [4.78, 5) is 13.6. The number of hydrogen-bond acceptors (Lipinski definition) is 2. The average molecular weight is 275 g/mol. The third-order valence-corrected chi connectivity index (χ3v) is 4.37. The van der Waals surface area contributed by atoms with Gasteiger partial charge in [0, 0.05) is 13.1 Å². The number of unbranched alkanes of at least 4 members (excludes halogenated alkanes) is 2. The summed E-state index contributed by atoms with van der Waals surface area (Å²) in [6.07, 6.45) is 5.78. The van der Waals surface area contributed by atoms with Crippen LogP contribution in [0.15, 0.2) is 24.3 Å². The highest BCUT2D eigenvalue weighted by molar-refractivity contribution is 5.66. The minimum Gasteiger partial charge on any atom is -0.299 e. The molecule has 1 unspecified atom stereocenters. The van der Waals surface area contributed by atoms with Crippen LogP contribution in [-0.4, -0.2) is 23.9 Å². The Morgan fingerprint density at radius 2 is 2.00 bits per heavy atom. The Bertz CT molecular complexity index is 444. The van der Waals surface area contributed by atoms with Gasteiger partial charge in [0.05, 0.1) is 5.92 Å². The van der Waals surface area contributed by atoms with Crippen LogP contribution in [0, 0.1) is 5.92 Å². The normalized spacial score (nSPS) is 16.7. The quantitative estimate of drug-likeness (QED) is 0.774. The van der Waals surface area contributed by atoms with Crippen LogP contribution in [0.3, 0.4) is 0 Å². The lowest BCUT2D eigenvalue weighted by atomic mass is 9.99. The molecule has 1 atom stereocenters. The van der Waals surface area contributed by atoms with Gasteiger partial charge in [-0.3, -0.25) is 10.6 Å². The van der Waals surface area contributed by atoms with Crippen LogP contribution in [0.2, 0.25) is 0 Å². The summed E-state index contributed by atoms with van der Waals surface area (Å²) >= 11 is 0. The Hall–Kier alpha value is -1.19. The van der Waals surface area contributed by atoms with Crippen molar-refractivity contribution in [3.05, 3.63) is 35.4 Å². The molecule has 1 amide bonds. The highest BCUT2D eigenvalue weighted by Gasteiger charge is 2.15. The van der Waals surface area contributed by atoms with Crippen molar-refractivity contribution in [3.8, 4) is 0 Å². The molecular weight excluding hydrogens is 248 g/mol. The lowest BCUT2D eigenvalue weighted by molar-refractivity contribution is -0.311. The zero-order valence-electron chi connectivity index (χ0n) is 12.6. The van der Waals surface area contributed by atoms with Crippen molar-refractivity contribution in [2.45, 2.75) is 45.6 Å². The maximum atomic E-state index is 11.1. The minimum atomic E-state index is 0.0811. The van der Waals surface area contributed by atoms with E-state index in [-0.39, 0.29) is 11.8 Å². The van der Waals surface area contributed by atoms with E-state index in [9.17, 15) is 4.79 Å². The van der Waals surface area contributed by atoms with E-state index in [1.165, 1.54) is 43.5 Å². The third-order valence-electron chi connectivity index (χ3n) is 4.37. The molecule has 0 fully saturated rings. The van der Waals surface area contributed by atoms with Gasteiger partial charge in [0.1, 0.15) is 0 Å². The summed E-state index contributed by atoms with van der Waals surface area (Å²) in [6.45, 7) is 5.45. The Morgan fingerprint density at radius 1 is 1.25 bits per heavy atom. The second kappa shape index (κ2) is 7.55. The van der Waals surface area contributed by atoms with Crippen molar-refractivity contribution in [1.82, 2.24) is 4.90 Å².